The molecule has 186 valence electrons. The molecule has 35 heavy (non-hydrogen) atoms. The highest BCUT2D eigenvalue weighted by Crippen LogP contribution is 2.39. The van der Waals surface area contributed by atoms with Crippen molar-refractivity contribution >= 4 is 29.2 Å². The smallest absolute Gasteiger partial charge is 0.255 e. The van der Waals surface area contributed by atoms with Gasteiger partial charge in [-0.15, -0.1) is 0 Å². The summed E-state index contributed by atoms with van der Waals surface area (Å²) in [5, 5.41) is 7.85. The Hall–Kier alpha value is -3.03. The van der Waals surface area contributed by atoms with Gasteiger partial charge in [0.15, 0.2) is 5.70 Å². The number of hydrogen-bond acceptors (Lipinski definition) is 4. The molecule has 2 heterocycles. The first-order valence-corrected chi connectivity index (χ1v) is 12.3. The van der Waals surface area contributed by atoms with Crippen LogP contribution in [0.5, 0.6) is 0 Å². The molecule has 1 fully saturated rings. The molecule has 1 saturated heterocycles. The Morgan fingerprint density at radius 1 is 1.17 bits per heavy atom. The van der Waals surface area contributed by atoms with Crippen LogP contribution in [0.25, 0.3) is 5.70 Å². The summed E-state index contributed by atoms with van der Waals surface area (Å²) in [7, 11) is 0. The number of benzene rings is 2. The van der Waals surface area contributed by atoms with Gasteiger partial charge in [-0.1, -0.05) is 31.9 Å². The Morgan fingerprint density at radius 3 is 2.60 bits per heavy atom. The SMILES string of the molecule is CC(C)[N+]1(CC(C)(C)C)N=CC=C1c1cccc(NC(=O)c2cc(F)cc(N3CCOCC3)c2)c1. The van der Waals surface area contributed by atoms with E-state index in [-0.39, 0.29) is 17.4 Å². The maximum absolute atomic E-state index is 14.4. The van der Waals surface area contributed by atoms with E-state index in [0.717, 1.165) is 17.8 Å². The van der Waals surface area contributed by atoms with Crippen molar-refractivity contribution in [3.8, 4) is 0 Å². The molecule has 0 spiro atoms. The first-order chi connectivity index (χ1) is 16.6. The maximum atomic E-state index is 14.4. The quantitative estimate of drug-likeness (QED) is 0.555. The number of allylic oxidation sites excluding steroid dienone is 1. The third-order valence-electron chi connectivity index (χ3n) is 6.43. The van der Waals surface area contributed by atoms with Crippen LogP contribution in [0.1, 0.15) is 50.5 Å². The summed E-state index contributed by atoms with van der Waals surface area (Å²) >= 11 is 0. The number of halogens is 1. The molecule has 0 aromatic heterocycles. The van der Waals surface area contributed by atoms with E-state index in [1.54, 1.807) is 6.07 Å². The van der Waals surface area contributed by atoms with Crippen molar-refractivity contribution in [3.05, 3.63) is 65.5 Å². The molecule has 0 aliphatic carbocycles. The second kappa shape index (κ2) is 9.91. The lowest BCUT2D eigenvalue weighted by Crippen LogP contribution is -2.50. The molecule has 2 aliphatic heterocycles. The van der Waals surface area contributed by atoms with Crippen LogP contribution in [0.4, 0.5) is 15.8 Å². The monoisotopic (exact) mass is 479 g/mol. The predicted molar refractivity (Wildman–Crippen MR) is 140 cm³/mol. The van der Waals surface area contributed by atoms with Crippen LogP contribution < -0.4 is 10.2 Å². The Bertz CT molecular complexity index is 1150. The second-order valence-corrected chi connectivity index (χ2v) is 10.8. The third kappa shape index (κ3) is 5.63. The fourth-order valence-electron chi connectivity index (χ4n) is 4.85. The summed E-state index contributed by atoms with van der Waals surface area (Å²) in [4.78, 5) is 15.1. The molecule has 0 saturated carbocycles. The van der Waals surface area contributed by atoms with Gasteiger partial charge in [-0.25, -0.2) is 4.39 Å². The highest BCUT2D eigenvalue weighted by atomic mass is 19.1. The molecule has 6 nitrogen and oxygen atoms in total. The minimum absolute atomic E-state index is 0.0758. The number of carbonyl (C=O) groups is 1. The lowest BCUT2D eigenvalue weighted by Gasteiger charge is -2.39. The predicted octanol–water partition coefficient (Wildman–Crippen LogP) is 5.53. The zero-order valence-electron chi connectivity index (χ0n) is 21.3. The van der Waals surface area contributed by atoms with Crippen LogP contribution in [0.15, 0.2) is 53.6 Å². The molecule has 1 amide bonds. The molecule has 0 radical (unpaired) electrons. The van der Waals surface area contributed by atoms with Crippen molar-refractivity contribution < 1.29 is 18.5 Å². The summed E-state index contributed by atoms with van der Waals surface area (Å²) in [5.41, 5.74) is 3.84. The lowest BCUT2D eigenvalue weighted by molar-refractivity contribution is -0.891. The van der Waals surface area contributed by atoms with Crippen LogP contribution in [0.2, 0.25) is 0 Å². The van der Waals surface area contributed by atoms with E-state index >= 15 is 0 Å². The van der Waals surface area contributed by atoms with Gasteiger partial charge in [0.25, 0.3) is 5.91 Å². The Morgan fingerprint density at radius 2 is 1.91 bits per heavy atom. The van der Waals surface area contributed by atoms with Crippen molar-refractivity contribution in [3.63, 3.8) is 0 Å². The van der Waals surface area contributed by atoms with Crippen LogP contribution in [0.3, 0.4) is 0 Å². The first-order valence-electron chi connectivity index (χ1n) is 12.3. The number of carbonyl (C=O) groups excluding carboxylic acids is 1. The van der Waals surface area contributed by atoms with E-state index in [4.69, 9.17) is 9.84 Å². The van der Waals surface area contributed by atoms with E-state index in [1.807, 2.05) is 35.4 Å². The Labute approximate surface area is 207 Å². The van der Waals surface area contributed by atoms with Crippen LogP contribution in [0, 0.1) is 11.2 Å². The number of morpholine rings is 1. The number of ether oxygens (including phenoxy) is 1. The number of amides is 1. The average Bonchev–Trinajstić information content (AvgIpc) is 3.23. The maximum Gasteiger partial charge on any atom is 0.255 e. The molecule has 2 aromatic carbocycles. The van der Waals surface area contributed by atoms with Gasteiger partial charge in [-0.05, 0) is 50.2 Å². The van der Waals surface area contributed by atoms with E-state index < -0.39 is 5.82 Å². The van der Waals surface area contributed by atoms with Gasteiger partial charge in [0.1, 0.15) is 18.4 Å². The van der Waals surface area contributed by atoms with Gasteiger partial charge in [0.05, 0.1) is 19.4 Å². The molecule has 0 bridgehead atoms. The van der Waals surface area contributed by atoms with Gasteiger partial charge in [-0.3, -0.25) is 4.79 Å². The lowest BCUT2D eigenvalue weighted by atomic mass is 9.93. The molecule has 1 unspecified atom stereocenters. The molecule has 1 N–H and O–H groups in total. The molecule has 1 atom stereocenters. The van der Waals surface area contributed by atoms with E-state index in [1.165, 1.54) is 12.1 Å². The number of nitrogens with zero attached hydrogens (tertiary/aromatic N) is 3. The van der Waals surface area contributed by atoms with Crippen molar-refractivity contribution in [2.45, 2.75) is 40.7 Å². The normalized spacial score (nSPS) is 20.3. The summed E-state index contributed by atoms with van der Waals surface area (Å²) < 4.78 is 20.3. The number of rotatable bonds is 6. The molecule has 7 heteroatoms. The minimum atomic E-state index is -0.428. The van der Waals surface area contributed by atoms with Crippen molar-refractivity contribution in [2.75, 3.05) is 43.1 Å². The van der Waals surface area contributed by atoms with Crippen LogP contribution >= 0.6 is 0 Å². The Balaban J connectivity index is 1.57. The first kappa shape index (κ1) is 25.1. The number of anilines is 2. The molecular formula is C28H36FN4O2+. The molecular weight excluding hydrogens is 443 g/mol. The minimum Gasteiger partial charge on any atom is -0.378 e. The second-order valence-electron chi connectivity index (χ2n) is 10.8. The molecule has 2 aliphatic rings. The van der Waals surface area contributed by atoms with Gasteiger partial charge in [0.2, 0.25) is 0 Å². The number of hydrogen-bond donors (Lipinski definition) is 1. The summed E-state index contributed by atoms with van der Waals surface area (Å²) in [6.45, 7) is 14.4. The largest absolute Gasteiger partial charge is 0.378 e. The zero-order chi connectivity index (χ0) is 25.2. The number of nitrogens with one attached hydrogen (secondary N) is 1. The highest BCUT2D eigenvalue weighted by molar-refractivity contribution is 6.05. The van der Waals surface area contributed by atoms with E-state index in [9.17, 15) is 9.18 Å². The Kier molecular flexibility index (Phi) is 7.10. The molecule has 4 rings (SSSR count). The zero-order valence-corrected chi connectivity index (χ0v) is 21.3. The van der Waals surface area contributed by atoms with Crippen molar-refractivity contribution in [2.24, 2.45) is 10.5 Å². The summed E-state index contributed by atoms with van der Waals surface area (Å²) in [6.07, 6.45) is 3.94. The summed E-state index contributed by atoms with van der Waals surface area (Å²) in [5.74, 6) is -0.769. The summed E-state index contributed by atoms with van der Waals surface area (Å²) in [6, 6.07) is 12.5. The van der Waals surface area contributed by atoms with E-state index in [0.29, 0.717) is 47.8 Å². The third-order valence-corrected chi connectivity index (χ3v) is 6.43. The van der Waals surface area contributed by atoms with Crippen LogP contribution in [-0.4, -0.2) is 55.6 Å². The topological polar surface area (TPSA) is 53.9 Å². The van der Waals surface area contributed by atoms with Gasteiger partial charge >= 0.3 is 0 Å². The van der Waals surface area contributed by atoms with Crippen LogP contribution in [-0.2, 0) is 4.74 Å². The van der Waals surface area contributed by atoms with Gasteiger partial charge < -0.3 is 15.0 Å². The van der Waals surface area contributed by atoms with E-state index in [2.05, 4.69) is 46.0 Å². The fourth-order valence-corrected chi connectivity index (χ4v) is 4.85. The van der Waals surface area contributed by atoms with Crippen molar-refractivity contribution in [1.82, 2.24) is 0 Å². The van der Waals surface area contributed by atoms with Crippen molar-refractivity contribution in [1.29, 1.82) is 0 Å². The van der Waals surface area contributed by atoms with Gasteiger partial charge in [0, 0.05) is 47.1 Å². The standard InChI is InChI=1S/C28H35FN4O2/c1-20(2)33(19-28(3,4)5)26(9-10-30-33)21-7-6-8-24(16-21)31-27(34)22-15-23(29)18-25(17-22)32-11-13-35-14-12-32/h6-10,15-18,20H,11-14,19H2,1-5H3/p+1. The number of quaternary nitrogens is 1. The van der Waals surface area contributed by atoms with Gasteiger partial charge in [-0.2, -0.15) is 4.59 Å². The average molecular weight is 480 g/mol. The fraction of sp³-hybridized carbons (Fsp3) is 0.429. The molecule has 2 aromatic rings. The highest BCUT2D eigenvalue weighted by Gasteiger charge is 2.43.